The summed E-state index contributed by atoms with van der Waals surface area (Å²) in [5.41, 5.74) is -3.45. The van der Waals surface area contributed by atoms with Crippen molar-refractivity contribution in [3.8, 4) is 0 Å². The van der Waals surface area contributed by atoms with Crippen molar-refractivity contribution in [2.45, 2.75) is 101 Å². The van der Waals surface area contributed by atoms with Crippen LogP contribution >= 0.6 is 27.3 Å². The second-order valence-corrected chi connectivity index (χ2v) is 18.2. The van der Waals surface area contributed by atoms with Gasteiger partial charge in [-0.2, -0.15) is 0 Å². The Morgan fingerprint density at radius 3 is 2.61 bits per heavy atom. The van der Waals surface area contributed by atoms with E-state index in [1.165, 1.54) is 23.5 Å². The zero-order valence-electron chi connectivity index (χ0n) is 32.6. The molecule has 3 saturated carbocycles. The molecule has 1 aromatic carbocycles. The number of ether oxygens (including phenoxy) is 2. The summed E-state index contributed by atoms with van der Waals surface area (Å²) in [6.07, 6.45) is 0.664. The zero-order chi connectivity index (χ0) is 42.5. The molecule has 14 nitrogen and oxygen atoms in total. The van der Waals surface area contributed by atoms with Crippen molar-refractivity contribution in [1.29, 1.82) is 0 Å². The highest BCUT2D eigenvalue weighted by Gasteiger charge is 2.79. The topological polar surface area (TPSA) is 221 Å². The predicted molar refractivity (Wildman–Crippen MR) is 216 cm³/mol. The van der Waals surface area contributed by atoms with E-state index in [2.05, 4.69) is 31.9 Å². The maximum atomic E-state index is 17.7. The number of rotatable bonds is 14. The van der Waals surface area contributed by atoms with Crippen LogP contribution in [-0.2, 0) is 39.9 Å². The van der Waals surface area contributed by atoms with Crippen LogP contribution < -0.4 is 16.0 Å². The van der Waals surface area contributed by atoms with Gasteiger partial charge in [0, 0.05) is 45.7 Å². The fourth-order valence-corrected chi connectivity index (χ4v) is 11.7. The Morgan fingerprint density at radius 2 is 1.88 bits per heavy atom. The second-order valence-electron chi connectivity index (χ2n) is 16.7. The Kier molecular flexibility index (Phi) is 12.2. The number of carbonyl (C=O) groups excluding carboxylic acids is 5. The van der Waals surface area contributed by atoms with Gasteiger partial charge >= 0.3 is 0 Å². The average molecular weight is 903 g/mol. The van der Waals surface area contributed by atoms with Crippen LogP contribution in [0, 0.1) is 22.7 Å². The minimum atomic E-state index is -2.10. The largest absolute Gasteiger partial charge is 0.390 e. The van der Waals surface area contributed by atoms with Gasteiger partial charge in [-0.1, -0.05) is 46.6 Å². The molecule has 0 spiro atoms. The summed E-state index contributed by atoms with van der Waals surface area (Å²) < 4.78 is 30.9. The van der Waals surface area contributed by atoms with E-state index in [9.17, 15) is 44.4 Å². The minimum Gasteiger partial charge on any atom is -0.390 e. The highest BCUT2D eigenvalue weighted by atomic mass is 79.9. The molecule has 4 aliphatic carbocycles. The number of benzene rings is 1. The van der Waals surface area contributed by atoms with E-state index >= 15 is 4.39 Å². The number of hydrogen-bond acceptors (Lipinski definition) is 12. The molecule has 0 bridgehead atoms. The number of allylic oxidation sites excluding steroid dienone is 4. The zero-order valence-corrected chi connectivity index (χ0v) is 35.0. The molecule has 17 heteroatoms. The lowest BCUT2D eigenvalue weighted by molar-refractivity contribution is -0.231. The van der Waals surface area contributed by atoms with Gasteiger partial charge in [0.2, 0.25) is 17.7 Å². The lowest BCUT2D eigenvalue weighted by Gasteiger charge is -2.62. The number of Topliss-reactive ketones (excluding diaryl/α,β-unsaturated/α-hetero) is 1. The van der Waals surface area contributed by atoms with Gasteiger partial charge in [0.15, 0.2) is 35.4 Å². The molecule has 2 heterocycles. The van der Waals surface area contributed by atoms with E-state index < -0.39 is 94.9 Å². The second kappa shape index (κ2) is 16.6. The fraction of sp³-hybridized carbons (Fsp3) is 0.548. The standard InChI is InChI=1S/C42H49BrFN3O11S/c1-39-11-10-26(49)15-24(39)6-7-28-29-16-33-42(32(51)20-48,40(29,2)17-31(50)41(28,39)44)58-38(57-33)23-14-27(59-21-23)13-22-4-3-5-25(12-22)46-37(56)30(8-9-36(54)55)47-35(53)19-45-34(52)18-43/h3-5,10-12,14-15,21,28-31,33,36,38,48,50,54-55H,6-9,13,16-20H2,1-2H3,(H,45,52)(H,46,56)(H,47,53)/t28-,29-,30-,31-,33+,38+,39-,40-,41-,42+/m0/s1. The van der Waals surface area contributed by atoms with Crippen LogP contribution in [0.5, 0.6) is 0 Å². The quantitative estimate of drug-likeness (QED) is 0.108. The number of carbonyl (C=O) groups is 5. The van der Waals surface area contributed by atoms with Gasteiger partial charge in [-0.15, -0.1) is 11.3 Å². The van der Waals surface area contributed by atoms with Crippen LogP contribution in [0.2, 0.25) is 0 Å². The van der Waals surface area contributed by atoms with Gasteiger partial charge in [-0.05, 0) is 86.2 Å². The molecule has 3 amide bonds. The molecule has 4 fully saturated rings. The molecule has 1 saturated heterocycles. The number of aliphatic hydroxyl groups is 4. The third-order valence-corrected chi connectivity index (χ3v) is 14.9. The maximum absolute atomic E-state index is 17.7. The third-order valence-electron chi connectivity index (χ3n) is 13.4. The molecule has 0 unspecified atom stereocenters. The molecule has 10 atom stereocenters. The molecule has 5 aliphatic rings. The molecule has 59 heavy (non-hydrogen) atoms. The van der Waals surface area contributed by atoms with Gasteiger partial charge in [-0.3, -0.25) is 24.0 Å². The van der Waals surface area contributed by atoms with Crippen LogP contribution in [0.15, 0.2) is 59.5 Å². The molecule has 1 aliphatic heterocycles. The molecule has 7 N–H and O–H groups in total. The van der Waals surface area contributed by atoms with Crippen LogP contribution in [0.1, 0.15) is 74.7 Å². The van der Waals surface area contributed by atoms with Crippen LogP contribution in [0.4, 0.5) is 10.1 Å². The third kappa shape index (κ3) is 7.55. The van der Waals surface area contributed by atoms with E-state index in [1.807, 2.05) is 24.4 Å². The molecule has 2 aromatic rings. The first-order chi connectivity index (χ1) is 28.0. The van der Waals surface area contributed by atoms with Crippen molar-refractivity contribution in [3.05, 3.63) is 75.5 Å². The highest BCUT2D eigenvalue weighted by Crippen LogP contribution is 2.72. The Bertz CT molecular complexity index is 2080. The number of halogens is 2. The van der Waals surface area contributed by atoms with E-state index in [0.29, 0.717) is 36.1 Å². The molecular weight excluding hydrogens is 853 g/mol. The van der Waals surface area contributed by atoms with Gasteiger partial charge in [-0.25, -0.2) is 4.39 Å². The van der Waals surface area contributed by atoms with Crippen LogP contribution in [0.3, 0.4) is 0 Å². The Hall–Kier alpha value is -3.68. The van der Waals surface area contributed by atoms with Crippen molar-refractivity contribution in [2.75, 3.05) is 23.8 Å². The first-order valence-electron chi connectivity index (χ1n) is 19.7. The number of ketones is 2. The number of nitrogens with one attached hydrogen (secondary N) is 3. The average Bonchev–Trinajstić information content (AvgIpc) is 3.89. The van der Waals surface area contributed by atoms with Gasteiger partial charge in [0.1, 0.15) is 12.6 Å². The van der Waals surface area contributed by atoms with E-state index in [0.717, 1.165) is 10.4 Å². The summed E-state index contributed by atoms with van der Waals surface area (Å²) in [7, 11) is 0. The Balaban J connectivity index is 1.05. The number of anilines is 1. The van der Waals surface area contributed by atoms with Gasteiger partial charge in [0.05, 0.1) is 24.1 Å². The van der Waals surface area contributed by atoms with Crippen molar-refractivity contribution in [3.63, 3.8) is 0 Å². The number of hydrogen-bond donors (Lipinski definition) is 7. The molecule has 7 rings (SSSR count). The van der Waals surface area contributed by atoms with Crippen molar-refractivity contribution < 1.29 is 58.3 Å². The van der Waals surface area contributed by atoms with Crippen molar-refractivity contribution >= 4 is 62.2 Å². The van der Waals surface area contributed by atoms with E-state index in [4.69, 9.17) is 9.47 Å². The number of amides is 3. The summed E-state index contributed by atoms with van der Waals surface area (Å²) in [5, 5.41) is 50.5. The number of aliphatic hydroxyl groups excluding tert-OH is 3. The molecule has 1 aromatic heterocycles. The SMILES string of the molecule is C[C@]12C=CC(=O)C=C1CC[C@H]1[C@@H]3C[C@H]4O[C@@H](c5csc(Cc6cccc(NC(=O)[C@H](CCC(O)O)NC(=O)CNC(=O)CBr)c6)c5)O[C@@]4(C(=O)CO)[C@@]3(C)C[C@H](O)[C@@]12F. The summed E-state index contributed by atoms with van der Waals surface area (Å²) in [6, 6.07) is 7.84. The van der Waals surface area contributed by atoms with E-state index in [1.54, 1.807) is 31.2 Å². The van der Waals surface area contributed by atoms with Crippen molar-refractivity contribution in [2.24, 2.45) is 22.7 Å². The number of thiophene rings is 1. The Labute approximate surface area is 352 Å². The van der Waals surface area contributed by atoms with Crippen LogP contribution in [-0.4, -0.2) is 104 Å². The van der Waals surface area contributed by atoms with Gasteiger partial charge < -0.3 is 45.9 Å². The smallest absolute Gasteiger partial charge is 0.246 e. The first kappa shape index (κ1) is 43.4. The predicted octanol–water partition coefficient (Wildman–Crippen LogP) is 3.06. The van der Waals surface area contributed by atoms with Crippen molar-refractivity contribution in [1.82, 2.24) is 10.6 Å². The monoisotopic (exact) mass is 901 g/mol. The lowest BCUT2D eigenvalue weighted by Crippen LogP contribution is -2.69. The Morgan fingerprint density at radius 1 is 1.10 bits per heavy atom. The minimum absolute atomic E-state index is 0.00217. The fourth-order valence-electron chi connectivity index (χ4n) is 10.6. The first-order valence-corrected chi connectivity index (χ1v) is 21.7. The maximum Gasteiger partial charge on any atom is 0.246 e. The normalized spacial score (nSPS) is 33.6. The molecular formula is C42H49BrFN3O11S. The summed E-state index contributed by atoms with van der Waals surface area (Å²) in [4.78, 5) is 64.3. The van der Waals surface area contributed by atoms with Gasteiger partial charge in [0.25, 0.3) is 0 Å². The lowest BCUT2D eigenvalue weighted by atomic mass is 9.44. The summed E-state index contributed by atoms with van der Waals surface area (Å²) >= 11 is 4.43. The molecule has 318 valence electrons. The van der Waals surface area contributed by atoms with Crippen LogP contribution in [0.25, 0.3) is 0 Å². The van der Waals surface area contributed by atoms with E-state index in [-0.39, 0.29) is 43.3 Å². The number of alkyl halides is 2. The summed E-state index contributed by atoms with van der Waals surface area (Å²) in [6.45, 7) is 2.39. The number of fused-ring (bicyclic) bond motifs is 7. The highest BCUT2D eigenvalue weighted by molar-refractivity contribution is 9.09. The molecule has 0 radical (unpaired) electrons. The summed E-state index contributed by atoms with van der Waals surface area (Å²) in [5.74, 6) is -3.51.